The van der Waals surface area contributed by atoms with Gasteiger partial charge in [0, 0.05) is 13.2 Å². The van der Waals surface area contributed by atoms with Gasteiger partial charge in [-0.2, -0.15) is 21.6 Å². The van der Waals surface area contributed by atoms with E-state index in [9.17, 15) is 21.6 Å². The Bertz CT molecular complexity index is 731. The smallest absolute Gasteiger partial charge is 0.268 e. The van der Waals surface area contributed by atoms with Crippen molar-refractivity contribution in [2.24, 2.45) is 0 Å². The Labute approximate surface area is 119 Å². The van der Waals surface area contributed by atoms with Gasteiger partial charge in [-0.1, -0.05) is 18.2 Å². The molecule has 8 heteroatoms. The number of nitrogens with zero attached hydrogens (tertiary/aromatic N) is 2. The van der Waals surface area contributed by atoms with Crippen LogP contribution in [0.25, 0.3) is 0 Å². The van der Waals surface area contributed by atoms with Crippen LogP contribution in [0.15, 0.2) is 53.7 Å². The number of alkyl halides is 3. The van der Waals surface area contributed by atoms with E-state index in [1.54, 1.807) is 0 Å². The lowest BCUT2D eigenvalue weighted by Crippen LogP contribution is -2.29. The summed E-state index contributed by atoms with van der Waals surface area (Å²) >= 11 is 0. The molecule has 0 unspecified atom stereocenters. The van der Waals surface area contributed by atoms with Crippen molar-refractivity contribution < 1.29 is 21.6 Å². The SMILES string of the molecule is CN(c1ccccc1C(F)(F)F)S(=O)(=O)c1ccccn1. The number of hydrogen-bond donors (Lipinski definition) is 0. The summed E-state index contributed by atoms with van der Waals surface area (Å²) in [5.41, 5.74) is -1.47. The van der Waals surface area contributed by atoms with Crippen LogP contribution in [0.3, 0.4) is 0 Å². The van der Waals surface area contributed by atoms with Gasteiger partial charge in [0.05, 0.1) is 11.3 Å². The molecule has 0 radical (unpaired) electrons. The molecule has 0 spiro atoms. The molecular weight excluding hydrogens is 305 g/mol. The van der Waals surface area contributed by atoms with E-state index in [0.29, 0.717) is 4.31 Å². The summed E-state index contributed by atoms with van der Waals surface area (Å²) in [4.78, 5) is 3.68. The fourth-order valence-corrected chi connectivity index (χ4v) is 2.90. The van der Waals surface area contributed by atoms with Crippen molar-refractivity contribution in [3.8, 4) is 0 Å². The first-order chi connectivity index (χ1) is 9.74. The van der Waals surface area contributed by atoms with Gasteiger partial charge in [-0.05, 0) is 24.3 Å². The minimum Gasteiger partial charge on any atom is -0.268 e. The third-order valence-corrected chi connectivity index (χ3v) is 4.50. The van der Waals surface area contributed by atoms with Gasteiger partial charge in [-0.25, -0.2) is 4.98 Å². The van der Waals surface area contributed by atoms with Gasteiger partial charge in [0.15, 0.2) is 5.03 Å². The molecule has 0 aliphatic carbocycles. The number of rotatable bonds is 3. The van der Waals surface area contributed by atoms with Crippen LogP contribution in [0.2, 0.25) is 0 Å². The largest absolute Gasteiger partial charge is 0.418 e. The average Bonchev–Trinajstić information content (AvgIpc) is 2.46. The third-order valence-electron chi connectivity index (χ3n) is 2.81. The number of hydrogen-bond acceptors (Lipinski definition) is 3. The van der Waals surface area contributed by atoms with Crippen molar-refractivity contribution in [3.05, 3.63) is 54.2 Å². The number of sulfonamides is 1. The van der Waals surface area contributed by atoms with Crippen LogP contribution < -0.4 is 4.31 Å². The maximum Gasteiger partial charge on any atom is 0.418 e. The van der Waals surface area contributed by atoms with Crippen molar-refractivity contribution in [1.82, 2.24) is 4.98 Å². The van der Waals surface area contributed by atoms with Crippen molar-refractivity contribution in [2.45, 2.75) is 11.2 Å². The second-order valence-corrected chi connectivity index (χ2v) is 6.07. The van der Waals surface area contributed by atoms with Crippen molar-refractivity contribution in [3.63, 3.8) is 0 Å². The maximum absolute atomic E-state index is 13.0. The van der Waals surface area contributed by atoms with Crippen molar-refractivity contribution >= 4 is 15.7 Å². The summed E-state index contributed by atoms with van der Waals surface area (Å²) in [6, 6.07) is 8.67. The molecule has 0 saturated carbocycles. The number of aromatic nitrogens is 1. The molecule has 1 heterocycles. The summed E-state index contributed by atoms with van der Waals surface area (Å²) in [5, 5.41) is -0.315. The summed E-state index contributed by atoms with van der Waals surface area (Å²) in [6.07, 6.45) is -3.39. The minimum atomic E-state index is -4.65. The summed E-state index contributed by atoms with van der Waals surface area (Å²) in [6.45, 7) is 0. The first kappa shape index (κ1) is 15.3. The molecule has 1 aromatic carbocycles. The molecule has 0 aliphatic rings. The van der Waals surface area contributed by atoms with Gasteiger partial charge < -0.3 is 0 Å². The standard InChI is InChI=1S/C13H11F3N2O2S/c1-18(21(19,20)12-8-4-5-9-17-12)11-7-3-2-6-10(11)13(14,15)16/h2-9H,1H3. The Kier molecular flexibility index (Phi) is 3.91. The quantitative estimate of drug-likeness (QED) is 0.875. The number of halogens is 3. The van der Waals surface area contributed by atoms with Crippen LogP contribution in [0.1, 0.15) is 5.56 Å². The van der Waals surface area contributed by atoms with E-state index >= 15 is 0 Å². The number of para-hydroxylation sites is 1. The Balaban J connectivity index is 2.54. The maximum atomic E-state index is 13.0. The number of pyridine rings is 1. The molecule has 2 aromatic rings. The van der Waals surface area contributed by atoms with Gasteiger partial charge in [-0.3, -0.25) is 4.31 Å². The predicted octanol–water partition coefficient (Wildman–Crippen LogP) is 2.93. The molecule has 2 rings (SSSR count). The Morgan fingerprint density at radius 1 is 1.05 bits per heavy atom. The molecule has 0 atom stereocenters. The Hall–Kier alpha value is -2.09. The minimum absolute atomic E-state index is 0.315. The third kappa shape index (κ3) is 2.99. The highest BCUT2D eigenvalue weighted by atomic mass is 32.2. The monoisotopic (exact) mass is 316 g/mol. The Morgan fingerprint density at radius 3 is 2.24 bits per heavy atom. The van der Waals surface area contributed by atoms with Gasteiger partial charge in [0.25, 0.3) is 10.0 Å². The molecule has 0 bridgehead atoms. The van der Waals surface area contributed by atoms with Crippen molar-refractivity contribution in [2.75, 3.05) is 11.4 Å². The Morgan fingerprint density at radius 2 is 1.67 bits per heavy atom. The van der Waals surface area contributed by atoms with Crippen LogP contribution in [0.4, 0.5) is 18.9 Å². The first-order valence-electron chi connectivity index (χ1n) is 5.81. The van der Waals surface area contributed by atoms with E-state index in [1.165, 1.54) is 36.5 Å². The lowest BCUT2D eigenvalue weighted by atomic mass is 10.2. The highest BCUT2D eigenvalue weighted by Gasteiger charge is 2.36. The van der Waals surface area contributed by atoms with E-state index in [-0.39, 0.29) is 5.03 Å². The fourth-order valence-electron chi connectivity index (χ4n) is 1.76. The first-order valence-corrected chi connectivity index (χ1v) is 7.25. The second-order valence-electron chi connectivity index (χ2n) is 4.16. The lowest BCUT2D eigenvalue weighted by Gasteiger charge is -2.22. The van der Waals surface area contributed by atoms with E-state index in [0.717, 1.165) is 19.2 Å². The van der Waals surface area contributed by atoms with Crippen LogP contribution in [-0.2, 0) is 16.2 Å². The van der Waals surface area contributed by atoms with Gasteiger partial charge in [-0.15, -0.1) is 0 Å². The molecule has 112 valence electrons. The van der Waals surface area contributed by atoms with Crippen LogP contribution in [0, 0.1) is 0 Å². The van der Waals surface area contributed by atoms with E-state index < -0.39 is 27.5 Å². The van der Waals surface area contributed by atoms with Crippen LogP contribution >= 0.6 is 0 Å². The van der Waals surface area contributed by atoms with Crippen LogP contribution in [0.5, 0.6) is 0 Å². The van der Waals surface area contributed by atoms with Gasteiger partial charge in [0.1, 0.15) is 0 Å². The summed E-state index contributed by atoms with van der Waals surface area (Å²) in [5.74, 6) is 0. The normalized spacial score (nSPS) is 12.2. The average molecular weight is 316 g/mol. The number of anilines is 1. The molecule has 0 fully saturated rings. The highest BCUT2D eigenvalue weighted by molar-refractivity contribution is 7.92. The molecule has 21 heavy (non-hydrogen) atoms. The molecule has 0 aliphatic heterocycles. The second kappa shape index (κ2) is 5.36. The van der Waals surface area contributed by atoms with E-state index in [2.05, 4.69) is 4.98 Å². The molecular formula is C13H11F3N2O2S. The van der Waals surface area contributed by atoms with E-state index in [1.807, 2.05) is 0 Å². The molecule has 4 nitrogen and oxygen atoms in total. The molecule has 0 amide bonds. The molecule has 0 saturated heterocycles. The zero-order valence-electron chi connectivity index (χ0n) is 10.9. The zero-order chi connectivity index (χ0) is 15.7. The fraction of sp³-hybridized carbons (Fsp3) is 0.154. The summed E-state index contributed by atoms with van der Waals surface area (Å²) in [7, 11) is -3.09. The molecule has 1 aromatic heterocycles. The predicted molar refractivity (Wildman–Crippen MR) is 71.3 cm³/mol. The van der Waals surface area contributed by atoms with E-state index in [4.69, 9.17) is 0 Å². The van der Waals surface area contributed by atoms with Crippen LogP contribution in [-0.4, -0.2) is 20.4 Å². The number of benzene rings is 1. The zero-order valence-corrected chi connectivity index (χ0v) is 11.7. The lowest BCUT2D eigenvalue weighted by molar-refractivity contribution is -0.137. The topological polar surface area (TPSA) is 50.3 Å². The van der Waals surface area contributed by atoms with Gasteiger partial charge in [0.2, 0.25) is 0 Å². The van der Waals surface area contributed by atoms with Crippen molar-refractivity contribution in [1.29, 1.82) is 0 Å². The molecule has 0 N–H and O–H groups in total. The summed E-state index contributed by atoms with van der Waals surface area (Å²) < 4.78 is 64.1. The highest BCUT2D eigenvalue weighted by Crippen LogP contribution is 2.37. The van der Waals surface area contributed by atoms with Gasteiger partial charge >= 0.3 is 6.18 Å².